The third kappa shape index (κ3) is 8.09. The molecule has 0 saturated carbocycles. The largest absolute Gasteiger partial charge is 0.513 e. The number of nitrogens with one attached hydrogen (secondary N) is 2. The van der Waals surface area contributed by atoms with Crippen molar-refractivity contribution < 1.29 is 28.7 Å². The minimum atomic E-state index is -0.804. The molecule has 0 spiro atoms. The van der Waals surface area contributed by atoms with Gasteiger partial charge in [-0.15, -0.1) is 0 Å². The number of carbonyl (C=O) groups excluding carboxylic acids is 4. The first-order valence-electron chi connectivity index (χ1n) is 11.6. The Morgan fingerprint density at radius 3 is 2.06 bits per heavy atom. The molecule has 0 atom stereocenters. The first kappa shape index (κ1) is 26.2. The van der Waals surface area contributed by atoms with Crippen molar-refractivity contribution >= 4 is 29.4 Å². The van der Waals surface area contributed by atoms with Crippen molar-refractivity contribution in [2.24, 2.45) is 0 Å². The zero-order valence-corrected chi connectivity index (χ0v) is 20.2. The number of amides is 2. The quantitative estimate of drug-likeness (QED) is 0.234. The molecule has 0 fully saturated rings. The highest BCUT2D eigenvalue weighted by Crippen LogP contribution is 2.16. The fourth-order valence-corrected chi connectivity index (χ4v) is 3.23. The van der Waals surface area contributed by atoms with E-state index in [-0.39, 0.29) is 42.8 Å². The van der Waals surface area contributed by atoms with Crippen molar-refractivity contribution in [1.29, 1.82) is 0 Å². The number of ketones is 1. The third-order valence-corrected chi connectivity index (χ3v) is 5.23. The van der Waals surface area contributed by atoms with Crippen LogP contribution >= 0.6 is 0 Å². The van der Waals surface area contributed by atoms with Crippen LogP contribution in [0.3, 0.4) is 0 Å². The fraction of sp³-hybridized carbons (Fsp3) is 0.214. The average molecular weight is 489 g/mol. The Hall–Kier alpha value is -4.46. The number of carbonyl (C=O) groups is 4. The molecule has 3 rings (SSSR count). The van der Waals surface area contributed by atoms with Gasteiger partial charge in [-0.2, -0.15) is 0 Å². The van der Waals surface area contributed by atoms with Crippen LogP contribution in [-0.4, -0.2) is 30.4 Å². The van der Waals surface area contributed by atoms with Crippen LogP contribution in [0, 0.1) is 6.92 Å². The number of benzene rings is 3. The molecular weight excluding hydrogens is 460 g/mol. The molecule has 0 aliphatic heterocycles. The summed E-state index contributed by atoms with van der Waals surface area (Å²) in [5.41, 5.74) is 3.51. The smallest absolute Gasteiger partial charge is 0.434 e. The Morgan fingerprint density at radius 1 is 0.778 bits per heavy atom. The summed E-state index contributed by atoms with van der Waals surface area (Å²) in [4.78, 5) is 48.2. The minimum absolute atomic E-state index is 0.0635. The first-order chi connectivity index (χ1) is 17.3. The monoisotopic (exact) mass is 488 g/mol. The van der Waals surface area contributed by atoms with Crippen molar-refractivity contribution in [3.8, 4) is 5.75 Å². The molecule has 36 heavy (non-hydrogen) atoms. The highest BCUT2D eigenvalue weighted by molar-refractivity contribution is 6.04. The van der Waals surface area contributed by atoms with Gasteiger partial charge in [-0.25, -0.2) is 4.79 Å². The molecule has 0 radical (unpaired) electrons. The summed E-state index contributed by atoms with van der Waals surface area (Å²) in [6, 6.07) is 20.4. The van der Waals surface area contributed by atoms with Crippen molar-refractivity contribution in [3.05, 3.63) is 95.1 Å². The lowest BCUT2D eigenvalue weighted by Crippen LogP contribution is -2.23. The van der Waals surface area contributed by atoms with E-state index in [1.807, 2.05) is 19.1 Å². The second-order valence-corrected chi connectivity index (χ2v) is 8.03. The Labute approximate surface area is 209 Å². The van der Waals surface area contributed by atoms with Crippen LogP contribution in [0.25, 0.3) is 0 Å². The van der Waals surface area contributed by atoms with E-state index >= 15 is 0 Å². The lowest BCUT2D eigenvalue weighted by molar-refractivity contribution is -0.121. The summed E-state index contributed by atoms with van der Waals surface area (Å²) in [6.45, 7) is 4.15. The second kappa shape index (κ2) is 12.9. The standard InChI is InChI=1S/C28H28N2O6/c1-3-35-28(34)36-24-14-10-22(11-15-24)27(33)30-23-12-6-20(7-13-23)18-29-26(32)17-16-25(31)21-8-4-19(2)5-9-21/h4-15H,3,16-18H2,1-2H3,(H,29,32)(H,30,33). The summed E-state index contributed by atoms with van der Waals surface area (Å²) < 4.78 is 9.68. The van der Waals surface area contributed by atoms with Gasteiger partial charge in [0.2, 0.25) is 5.91 Å². The minimum Gasteiger partial charge on any atom is -0.434 e. The van der Waals surface area contributed by atoms with Gasteiger partial charge < -0.3 is 20.1 Å². The van der Waals surface area contributed by atoms with Gasteiger partial charge in [0.15, 0.2) is 5.78 Å². The Morgan fingerprint density at radius 2 is 1.42 bits per heavy atom. The lowest BCUT2D eigenvalue weighted by Gasteiger charge is -2.09. The summed E-state index contributed by atoms with van der Waals surface area (Å²) in [7, 11) is 0. The number of ether oxygens (including phenoxy) is 2. The number of hydrogen-bond acceptors (Lipinski definition) is 6. The van der Waals surface area contributed by atoms with E-state index in [9.17, 15) is 19.2 Å². The van der Waals surface area contributed by atoms with Crippen LogP contribution in [0.2, 0.25) is 0 Å². The second-order valence-electron chi connectivity index (χ2n) is 8.03. The number of aryl methyl sites for hydroxylation is 1. The summed E-state index contributed by atoms with van der Waals surface area (Å²) in [5.74, 6) is -0.317. The van der Waals surface area contributed by atoms with Crippen molar-refractivity contribution in [2.45, 2.75) is 33.2 Å². The number of anilines is 1. The highest BCUT2D eigenvalue weighted by Gasteiger charge is 2.11. The molecule has 3 aromatic carbocycles. The third-order valence-electron chi connectivity index (χ3n) is 5.23. The van der Waals surface area contributed by atoms with Crippen molar-refractivity contribution in [3.63, 3.8) is 0 Å². The molecule has 0 saturated heterocycles. The predicted molar refractivity (Wildman–Crippen MR) is 135 cm³/mol. The van der Waals surface area contributed by atoms with Gasteiger partial charge in [-0.1, -0.05) is 42.0 Å². The molecule has 0 bridgehead atoms. The molecule has 8 heteroatoms. The van der Waals surface area contributed by atoms with Gasteiger partial charge in [0.25, 0.3) is 5.91 Å². The van der Waals surface area contributed by atoms with Gasteiger partial charge in [0.05, 0.1) is 6.61 Å². The van der Waals surface area contributed by atoms with E-state index in [1.165, 1.54) is 24.3 Å². The van der Waals surface area contributed by atoms with E-state index in [4.69, 9.17) is 9.47 Å². The summed E-state index contributed by atoms with van der Waals surface area (Å²) in [5, 5.41) is 5.59. The maximum atomic E-state index is 12.5. The molecule has 2 N–H and O–H groups in total. The molecule has 2 amide bonds. The van der Waals surface area contributed by atoms with Gasteiger partial charge in [-0.05, 0) is 55.8 Å². The number of Topliss-reactive ketones (excluding diaryl/α,β-unsaturated/α-hetero) is 1. The van der Waals surface area contributed by atoms with Crippen molar-refractivity contribution in [1.82, 2.24) is 5.32 Å². The Balaban J connectivity index is 1.42. The predicted octanol–water partition coefficient (Wildman–Crippen LogP) is 5.06. The SMILES string of the molecule is CCOC(=O)Oc1ccc(C(=O)Nc2ccc(CNC(=O)CCC(=O)c3ccc(C)cc3)cc2)cc1. The fourth-order valence-electron chi connectivity index (χ4n) is 3.23. The van der Waals surface area contributed by atoms with Crippen LogP contribution in [-0.2, 0) is 16.1 Å². The first-order valence-corrected chi connectivity index (χ1v) is 11.6. The maximum Gasteiger partial charge on any atom is 0.513 e. The van der Waals surface area contributed by atoms with Crippen LogP contribution in [0.1, 0.15) is 51.6 Å². The molecular formula is C28H28N2O6. The molecule has 0 aliphatic rings. The molecule has 8 nitrogen and oxygen atoms in total. The van der Waals surface area contributed by atoms with Crippen LogP contribution in [0.15, 0.2) is 72.8 Å². The van der Waals surface area contributed by atoms with Crippen LogP contribution < -0.4 is 15.4 Å². The highest BCUT2D eigenvalue weighted by atomic mass is 16.7. The lowest BCUT2D eigenvalue weighted by atomic mass is 10.0. The van der Waals surface area contributed by atoms with Gasteiger partial charge >= 0.3 is 6.16 Å². The molecule has 0 unspecified atom stereocenters. The number of rotatable bonds is 10. The van der Waals surface area contributed by atoms with Gasteiger partial charge in [0.1, 0.15) is 5.75 Å². The zero-order valence-electron chi connectivity index (χ0n) is 20.2. The summed E-state index contributed by atoms with van der Waals surface area (Å²) in [6.07, 6.45) is -0.540. The van der Waals surface area contributed by atoms with E-state index in [1.54, 1.807) is 43.3 Å². The van der Waals surface area contributed by atoms with Crippen LogP contribution in [0.4, 0.5) is 10.5 Å². The molecule has 0 aromatic heterocycles. The Bertz CT molecular complexity index is 1200. The van der Waals surface area contributed by atoms with Crippen LogP contribution in [0.5, 0.6) is 5.75 Å². The van der Waals surface area contributed by atoms with E-state index in [0.29, 0.717) is 23.4 Å². The van der Waals surface area contributed by atoms with E-state index < -0.39 is 6.16 Å². The topological polar surface area (TPSA) is 111 Å². The molecule has 0 heterocycles. The average Bonchev–Trinajstić information content (AvgIpc) is 2.87. The molecule has 0 aliphatic carbocycles. The van der Waals surface area contributed by atoms with E-state index in [2.05, 4.69) is 10.6 Å². The van der Waals surface area contributed by atoms with E-state index in [0.717, 1.165) is 11.1 Å². The molecule has 186 valence electrons. The normalized spacial score (nSPS) is 10.3. The van der Waals surface area contributed by atoms with Gasteiger partial charge in [0, 0.05) is 36.2 Å². The zero-order chi connectivity index (χ0) is 25.9. The number of hydrogen-bond donors (Lipinski definition) is 2. The van der Waals surface area contributed by atoms with Gasteiger partial charge in [-0.3, -0.25) is 14.4 Å². The summed E-state index contributed by atoms with van der Waals surface area (Å²) >= 11 is 0. The maximum absolute atomic E-state index is 12.5. The molecule has 3 aromatic rings. The van der Waals surface area contributed by atoms with Crippen molar-refractivity contribution in [2.75, 3.05) is 11.9 Å². The Kier molecular flexibility index (Phi) is 9.33.